The first-order valence-electron chi connectivity index (χ1n) is 6.51. The van der Waals surface area contributed by atoms with Gasteiger partial charge in [0.2, 0.25) is 0 Å². The summed E-state index contributed by atoms with van der Waals surface area (Å²) in [6, 6.07) is 9.67. The van der Waals surface area contributed by atoms with Crippen molar-refractivity contribution >= 4 is 28.3 Å². The molecule has 3 rings (SSSR count). The lowest BCUT2D eigenvalue weighted by Gasteiger charge is -2.08. The zero-order chi connectivity index (χ0) is 15.7. The van der Waals surface area contributed by atoms with Crippen LogP contribution in [0, 0.1) is 0 Å². The van der Waals surface area contributed by atoms with Crippen LogP contribution in [0.1, 0.15) is 16.1 Å². The quantitative estimate of drug-likeness (QED) is 0.807. The number of carbonyl (C=O) groups is 1. The summed E-state index contributed by atoms with van der Waals surface area (Å²) in [6.45, 7) is 0.197. The average molecular weight is 315 g/mol. The summed E-state index contributed by atoms with van der Waals surface area (Å²) in [5.41, 5.74) is 0.461. The molecule has 0 aliphatic carbocycles. The van der Waals surface area contributed by atoms with Crippen LogP contribution >= 0.6 is 11.6 Å². The molecule has 1 N–H and O–H groups in total. The van der Waals surface area contributed by atoms with Crippen LogP contribution in [-0.4, -0.2) is 20.6 Å². The van der Waals surface area contributed by atoms with E-state index < -0.39 is 5.97 Å². The predicted molar refractivity (Wildman–Crippen MR) is 83.5 cm³/mol. The Bertz CT molecular complexity index is 934. The van der Waals surface area contributed by atoms with Crippen molar-refractivity contribution in [3.8, 4) is 0 Å². The molecule has 0 aliphatic heterocycles. The Labute approximate surface area is 130 Å². The lowest BCUT2D eigenvalue weighted by atomic mass is 10.2. The fourth-order valence-corrected chi connectivity index (χ4v) is 2.41. The summed E-state index contributed by atoms with van der Waals surface area (Å²) >= 11 is 5.96. The Morgan fingerprint density at radius 3 is 2.77 bits per heavy atom. The van der Waals surface area contributed by atoms with E-state index in [1.807, 2.05) is 0 Å². The van der Waals surface area contributed by atoms with Gasteiger partial charge in [0.25, 0.3) is 5.56 Å². The van der Waals surface area contributed by atoms with Gasteiger partial charge in [0.1, 0.15) is 0 Å². The fourth-order valence-electron chi connectivity index (χ4n) is 2.23. The summed E-state index contributed by atoms with van der Waals surface area (Å²) in [5, 5.41) is 11.2. The van der Waals surface area contributed by atoms with E-state index in [1.165, 1.54) is 29.0 Å². The van der Waals surface area contributed by atoms with Crippen molar-refractivity contribution in [3.63, 3.8) is 0 Å². The number of aromatic nitrogens is 2. The van der Waals surface area contributed by atoms with Crippen LogP contribution < -0.4 is 5.56 Å². The molecule has 0 bridgehead atoms. The highest BCUT2D eigenvalue weighted by atomic mass is 35.5. The van der Waals surface area contributed by atoms with Gasteiger partial charge in [-0.1, -0.05) is 17.7 Å². The van der Waals surface area contributed by atoms with Gasteiger partial charge < -0.3 is 9.67 Å². The Morgan fingerprint density at radius 1 is 1.18 bits per heavy atom. The summed E-state index contributed by atoms with van der Waals surface area (Å²) in [7, 11) is 0. The molecule has 0 aliphatic rings. The second-order valence-electron chi connectivity index (χ2n) is 4.85. The van der Waals surface area contributed by atoms with Crippen LogP contribution in [-0.2, 0) is 6.54 Å². The predicted octanol–water partition coefficient (Wildman–Crippen LogP) is 2.80. The summed E-state index contributed by atoms with van der Waals surface area (Å²) in [4.78, 5) is 27.2. The van der Waals surface area contributed by atoms with Crippen LogP contribution in [0.4, 0.5) is 0 Å². The van der Waals surface area contributed by atoms with Crippen molar-refractivity contribution in [1.29, 1.82) is 0 Å². The van der Waals surface area contributed by atoms with E-state index in [1.54, 1.807) is 24.4 Å². The molecule has 0 atom stereocenters. The zero-order valence-corrected chi connectivity index (χ0v) is 12.1. The SMILES string of the molecule is O=C(O)c1ccnc(Cn2cc3cc(Cl)ccc3cc2=O)c1. The maximum Gasteiger partial charge on any atom is 0.335 e. The second kappa shape index (κ2) is 5.61. The molecule has 0 spiro atoms. The van der Waals surface area contributed by atoms with E-state index in [0.717, 1.165) is 10.8 Å². The van der Waals surface area contributed by atoms with Crippen molar-refractivity contribution in [2.75, 3.05) is 0 Å². The van der Waals surface area contributed by atoms with Crippen LogP contribution in [0.5, 0.6) is 0 Å². The molecule has 0 unspecified atom stereocenters. The highest BCUT2D eigenvalue weighted by Gasteiger charge is 2.07. The van der Waals surface area contributed by atoms with E-state index >= 15 is 0 Å². The van der Waals surface area contributed by atoms with Crippen LogP contribution in [0.15, 0.2) is 53.6 Å². The molecular weight excluding hydrogens is 304 g/mol. The topological polar surface area (TPSA) is 72.2 Å². The number of carboxylic acids is 1. The number of carboxylic acid groups (broad SMARTS) is 1. The molecule has 0 radical (unpaired) electrons. The number of rotatable bonds is 3. The monoisotopic (exact) mass is 314 g/mol. The minimum Gasteiger partial charge on any atom is -0.478 e. The van der Waals surface area contributed by atoms with E-state index in [0.29, 0.717) is 10.7 Å². The Hall–Kier alpha value is -2.66. The van der Waals surface area contributed by atoms with Gasteiger partial charge in [-0.05, 0) is 35.0 Å². The highest BCUT2D eigenvalue weighted by Crippen LogP contribution is 2.17. The smallest absolute Gasteiger partial charge is 0.335 e. The molecule has 0 fully saturated rings. The average Bonchev–Trinajstić information content (AvgIpc) is 2.49. The number of fused-ring (bicyclic) bond motifs is 1. The Kier molecular flexibility index (Phi) is 3.65. The van der Waals surface area contributed by atoms with Crippen LogP contribution in [0.25, 0.3) is 10.8 Å². The van der Waals surface area contributed by atoms with Gasteiger partial charge in [-0.2, -0.15) is 0 Å². The molecule has 22 heavy (non-hydrogen) atoms. The van der Waals surface area contributed by atoms with Gasteiger partial charge in [-0.15, -0.1) is 0 Å². The van der Waals surface area contributed by atoms with Crippen molar-refractivity contribution in [1.82, 2.24) is 9.55 Å². The van der Waals surface area contributed by atoms with Gasteiger partial charge in [-0.3, -0.25) is 9.78 Å². The summed E-state index contributed by atoms with van der Waals surface area (Å²) in [5.74, 6) is -1.03. The molecule has 2 aromatic heterocycles. The van der Waals surface area contributed by atoms with E-state index in [2.05, 4.69) is 4.98 Å². The molecule has 3 aromatic rings. The largest absolute Gasteiger partial charge is 0.478 e. The molecule has 2 heterocycles. The first-order valence-corrected chi connectivity index (χ1v) is 6.89. The molecule has 0 saturated carbocycles. The first kappa shape index (κ1) is 14.3. The second-order valence-corrected chi connectivity index (χ2v) is 5.29. The molecule has 0 saturated heterocycles. The van der Waals surface area contributed by atoms with Gasteiger partial charge in [0, 0.05) is 23.5 Å². The van der Waals surface area contributed by atoms with Crippen molar-refractivity contribution in [2.45, 2.75) is 6.54 Å². The fraction of sp³-hybridized carbons (Fsp3) is 0.0625. The van der Waals surface area contributed by atoms with Gasteiger partial charge in [-0.25, -0.2) is 4.79 Å². The Morgan fingerprint density at radius 2 is 2.00 bits per heavy atom. The van der Waals surface area contributed by atoms with Crippen LogP contribution in [0.3, 0.4) is 0 Å². The summed E-state index contributed by atoms with van der Waals surface area (Å²) in [6.07, 6.45) is 3.11. The maximum absolute atomic E-state index is 12.1. The molecule has 5 nitrogen and oxygen atoms in total. The molecule has 110 valence electrons. The normalized spacial score (nSPS) is 10.8. The molecule has 1 aromatic carbocycles. The lowest BCUT2D eigenvalue weighted by molar-refractivity contribution is 0.0696. The number of hydrogen-bond acceptors (Lipinski definition) is 3. The third-order valence-corrected chi connectivity index (χ3v) is 3.54. The summed E-state index contributed by atoms with van der Waals surface area (Å²) < 4.78 is 1.48. The number of aromatic carboxylic acids is 1. The lowest BCUT2D eigenvalue weighted by Crippen LogP contribution is -2.19. The van der Waals surface area contributed by atoms with Gasteiger partial charge in [0.15, 0.2) is 0 Å². The van der Waals surface area contributed by atoms with E-state index in [4.69, 9.17) is 16.7 Å². The van der Waals surface area contributed by atoms with Gasteiger partial charge in [0.05, 0.1) is 17.8 Å². The minimum atomic E-state index is -1.03. The van der Waals surface area contributed by atoms with Crippen molar-refractivity contribution in [2.24, 2.45) is 0 Å². The van der Waals surface area contributed by atoms with E-state index in [-0.39, 0.29) is 17.7 Å². The minimum absolute atomic E-state index is 0.141. The third-order valence-electron chi connectivity index (χ3n) is 3.30. The molecule has 6 heteroatoms. The number of benzene rings is 1. The molecule has 0 amide bonds. The maximum atomic E-state index is 12.1. The van der Waals surface area contributed by atoms with Crippen LogP contribution in [0.2, 0.25) is 5.02 Å². The number of halogens is 1. The zero-order valence-electron chi connectivity index (χ0n) is 11.4. The number of hydrogen-bond donors (Lipinski definition) is 1. The van der Waals surface area contributed by atoms with E-state index in [9.17, 15) is 9.59 Å². The van der Waals surface area contributed by atoms with Crippen molar-refractivity contribution < 1.29 is 9.90 Å². The highest BCUT2D eigenvalue weighted by molar-refractivity contribution is 6.31. The van der Waals surface area contributed by atoms with Crippen molar-refractivity contribution in [3.05, 3.63) is 75.4 Å². The number of nitrogens with zero attached hydrogens (tertiary/aromatic N) is 2. The Balaban J connectivity index is 2.03. The molecular formula is C16H11ClN2O3. The third kappa shape index (κ3) is 2.84. The first-order chi connectivity index (χ1) is 10.5. The standard InChI is InChI=1S/C16H11ClN2O3/c17-13-2-1-10-7-15(20)19(8-12(10)5-13)9-14-6-11(16(21)22)3-4-18-14/h1-8H,9H2,(H,21,22). The number of pyridine rings is 2. The van der Waals surface area contributed by atoms with Gasteiger partial charge >= 0.3 is 5.97 Å².